The van der Waals surface area contributed by atoms with Crippen LogP contribution in [0.2, 0.25) is 0 Å². The van der Waals surface area contributed by atoms with Crippen molar-refractivity contribution in [2.75, 3.05) is 0 Å². The van der Waals surface area contributed by atoms with E-state index in [1.807, 2.05) is 0 Å². The maximum absolute atomic E-state index is 9.79. The van der Waals surface area contributed by atoms with Crippen molar-refractivity contribution in [3.05, 3.63) is 12.3 Å². The maximum Gasteiger partial charge on any atom is 0.133 e. The molecule has 1 aliphatic rings. The number of aldehydes is 1. The third-order valence-corrected chi connectivity index (χ3v) is 0.856. The first-order valence-corrected chi connectivity index (χ1v) is 2.36. The van der Waals surface area contributed by atoms with Gasteiger partial charge in [-0.05, 0) is 6.08 Å². The Labute approximate surface area is 46.8 Å². The molecule has 0 bridgehead atoms. The molecular weight excluding hydrogens is 108 g/mol. The van der Waals surface area contributed by atoms with Gasteiger partial charge in [0.1, 0.15) is 18.7 Å². The van der Waals surface area contributed by atoms with Crippen molar-refractivity contribution in [1.29, 1.82) is 0 Å². The molecular formula is C5H6O3. The molecule has 3 heteroatoms. The van der Waals surface area contributed by atoms with Crippen LogP contribution in [0.3, 0.4) is 0 Å². The Bertz CT molecular complexity index is 108. The molecule has 1 aliphatic heterocycles. The summed E-state index contributed by atoms with van der Waals surface area (Å²) < 4.78 is 0. The normalized spacial score (nSPS) is 25.2. The lowest BCUT2D eigenvalue weighted by atomic mass is 10.3. The van der Waals surface area contributed by atoms with Gasteiger partial charge >= 0.3 is 0 Å². The quantitative estimate of drug-likeness (QED) is 0.385. The molecule has 0 radical (unpaired) electrons. The van der Waals surface area contributed by atoms with Crippen LogP contribution in [0, 0.1) is 0 Å². The highest BCUT2D eigenvalue weighted by molar-refractivity contribution is 5.50. The van der Waals surface area contributed by atoms with Crippen molar-refractivity contribution in [2.24, 2.45) is 0 Å². The second-order valence-electron chi connectivity index (χ2n) is 1.46. The van der Waals surface area contributed by atoms with Gasteiger partial charge in [0.2, 0.25) is 0 Å². The summed E-state index contributed by atoms with van der Waals surface area (Å²) in [7, 11) is 0. The Morgan fingerprint density at radius 1 is 1.75 bits per heavy atom. The van der Waals surface area contributed by atoms with Crippen LogP contribution >= 0.6 is 0 Å². The highest BCUT2D eigenvalue weighted by Crippen LogP contribution is 2.05. The number of rotatable bonds is 2. The molecule has 1 heterocycles. The first kappa shape index (κ1) is 5.31. The Balaban J connectivity index is 2.25. The maximum atomic E-state index is 9.79. The molecule has 0 fully saturated rings. The van der Waals surface area contributed by atoms with E-state index in [4.69, 9.17) is 0 Å². The van der Waals surface area contributed by atoms with Gasteiger partial charge < -0.3 is 9.68 Å². The van der Waals surface area contributed by atoms with Crippen molar-refractivity contribution < 1.29 is 14.6 Å². The molecule has 0 spiro atoms. The van der Waals surface area contributed by atoms with E-state index in [2.05, 4.69) is 9.78 Å². The van der Waals surface area contributed by atoms with Crippen LogP contribution in [0.15, 0.2) is 12.3 Å². The zero-order valence-corrected chi connectivity index (χ0v) is 4.24. The molecule has 1 atom stereocenters. The molecule has 0 amide bonds. The second kappa shape index (κ2) is 2.47. The standard InChI is InChI=1S/C5H6O3/c6-3-1-5-2-4-7-8-5/h2-5H,1H2. The van der Waals surface area contributed by atoms with Crippen LogP contribution in [0.25, 0.3) is 0 Å². The fourth-order valence-corrected chi connectivity index (χ4v) is 0.468. The van der Waals surface area contributed by atoms with Crippen LogP contribution in [0.4, 0.5) is 0 Å². The van der Waals surface area contributed by atoms with E-state index < -0.39 is 0 Å². The predicted molar refractivity (Wildman–Crippen MR) is 25.8 cm³/mol. The molecule has 1 unspecified atom stereocenters. The molecule has 0 saturated heterocycles. The van der Waals surface area contributed by atoms with E-state index in [1.165, 1.54) is 6.26 Å². The lowest BCUT2D eigenvalue weighted by Gasteiger charge is -1.96. The third kappa shape index (κ3) is 1.07. The smallest absolute Gasteiger partial charge is 0.133 e. The number of carbonyl (C=O) groups excluding carboxylic acids is 1. The fraction of sp³-hybridized carbons (Fsp3) is 0.400. The van der Waals surface area contributed by atoms with E-state index >= 15 is 0 Å². The zero-order valence-electron chi connectivity index (χ0n) is 4.24. The van der Waals surface area contributed by atoms with E-state index in [9.17, 15) is 4.79 Å². The SMILES string of the molecule is O=CCC1C=COO1. The van der Waals surface area contributed by atoms with Crippen molar-refractivity contribution in [3.63, 3.8) is 0 Å². The monoisotopic (exact) mass is 114 g/mol. The molecule has 44 valence electrons. The Morgan fingerprint density at radius 3 is 3.12 bits per heavy atom. The molecule has 0 aliphatic carbocycles. The van der Waals surface area contributed by atoms with Gasteiger partial charge in [-0.15, -0.1) is 0 Å². The predicted octanol–water partition coefficient (Wildman–Crippen LogP) is 0.419. The summed E-state index contributed by atoms with van der Waals surface area (Å²) in [5.74, 6) is 0. The summed E-state index contributed by atoms with van der Waals surface area (Å²) in [5.41, 5.74) is 0. The summed E-state index contributed by atoms with van der Waals surface area (Å²) in [5, 5.41) is 0. The zero-order chi connectivity index (χ0) is 5.82. The van der Waals surface area contributed by atoms with Gasteiger partial charge in [-0.3, -0.25) is 0 Å². The minimum absolute atomic E-state index is 0.160. The molecule has 0 aromatic carbocycles. The highest BCUT2D eigenvalue weighted by atomic mass is 17.2. The molecule has 3 nitrogen and oxygen atoms in total. The average molecular weight is 114 g/mol. The fourth-order valence-electron chi connectivity index (χ4n) is 0.468. The van der Waals surface area contributed by atoms with Gasteiger partial charge in [0.25, 0.3) is 0 Å². The summed E-state index contributed by atoms with van der Waals surface area (Å²) >= 11 is 0. The summed E-state index contributed by atoms with van der Waals surface area (Å²) in [6.45, 7) is 0. The van der Waals surface area contributed by atoms with E-state index in [-0.39, 0.29) is 6.10 Å². The molecule has 0 saturated carbocycles. The summed E-state index contributed by atoms with van der Waals surface area (Å²) in [6.07, 6.45) is 4.12. The topological polar surface area (TPSA) is 35.5 Å². The van der Waals surface area contributed by atoms with Gasteiger partial charge in [0.15, 0.2) is 0 Å². The summed E-state index contributed by atoms with van der Waals surface area (Å²) in [6, 6.07) is 0. The first-order chi connectivity index (χ1) is 3.93. The Hall–Kier alpha value is -0.830. The Morgan fingerprint density at radius 2 is 2.62 bits per heavy atom. The number of carbonyl (C=O) groups is 1. The second-order valence-corrected chi connectivity index (χ2v) is 1.46. The number of hydrogen-bond acceptors (Lipinski definition) is 3. The molecule has 0 N–H and O–H groups in total. The van der Waals surface area contributed by atoms with E-state index in [0.717, 1.165) is 6.29 Å². The molecule has 1 rings (SSSR count). The molecule has 8 heavy (non-hydrogen) atoms. The van der Waals surface area contributed by atoms with Crippen molar-refractivity contribution >= 4 is 6.29 Å². The lowest BCUT2D eigenvalue weighted by molar-refractivity contribution is -0.251. The van der Waals surface area contributed by atoms with Gasteiger partial charge in [0, 0.05) is 6.42 Å². The van der Waals surface area contributed by atoms with Crippen LogP contribution < -0.4 is 0 Å². The van der Waals surface area contributed by atoms with Crippen LogP contribution in [-0.4, -0.2) is 12.4 Å². The van der Waals surface area contributed by atoms with Gasteiger partial charge in [-0.1, -0.05) is 0 Å². The third-order valence-electron chi connectivity index (χ3n) is 0.856. The summed E-state index contributed by atoms with van der Waals surface area (Å²) in [4.78, 5) is 18.7. The van der Waals surface area contributed by atoms with E-state index in [1.54, 1.807) is 6.08 Å². The number of hydrogen-bond donors (Lipinski definition) is 0. The lowest BCUT2D eigenvalue weighted by Crippen LogP contribution is -2.02. The van der Waals surface area contributed by atoms with Gasteiger partial charge in [-0.2, -0.15) is 4.89 Å². The van der Waals surface area contributed by atoms with Crippen molar-refractivity contribution in [2.45, 2.75) is 12.5 Å². The minimum atomic E-state index is -0.160. The highest BCUT2D eigenvalue weighted by Gasteiger charge is 2.09. The van der Waals surface area contributed by atoms with Crippen molar-refractivity contribution in [3.8, 4) is 0 Å². The van der Waals surface area contributed by atoms with Crippen molar-refractivity contribution in [1.82, 2.24) is 0 Å². The largest absolute Gasteiger partial charge is 0.345 e. The van der Waals surface area contributed by atoms with E-state index in [0.29, 0.717) is 6.42 Å². The van der Waals surface area contributed by atoms with Gasteiger partial charge in [-0.25, -0.2) is 0 Å². The molecule has 0 aromatic rings. The Kier molecular flexibility index (Phi) is 1.64. The van der Waals surface area contributed by atoms with Crippen LogP contribution in [-0.2, 0) is 14.6 Å². The molecule has 0 aromatic heterocycles. The minimum Gasteiger partial charge on any atom is -0.345 e. The average Bonchev–Trinajstić information content (AvgIpc) is 2.19. The first-order valence-electron chi connectivity index (χ1n) is 2.36. The van der Waals surface area contributed by atoms with Crippen LogP contribution in [0.5, 0.6) is 0 Å². The van der Waals surface area contributed by atoms with Gasteiger partial charge in [0.05, 0.1) is 0 Å². The van der Waals surface area contributed by atoms with Crippen LogP contribution in [0.1, 0.15) is 6.42 Å².